The van der Waals surface area contributed by atoms with Crippen molar-refractivity contribution in [3.05, 3.63) is 107 Å². The zero-order chi connectivity index (χ0) is 27.7. The van der Waals surface area contributed by atoms with Crippen LogP contribution in [0.5, 0.6) is 0 Å². The van der Waals surface area contributed by atoms with Gasteiger partial charge in [0, 0.05) is 25.9 Å². The van der Waals surface area contributed by atoms with Crippen molar-refractivity contribution in [3.63, 3.8) is 0 Å². The predicted octanol–water partition coefficient (Wildman–Crippen LogP) is 6.64. The van der Waals surface area contributed by atoms with E-state index in [1.165, 1.54) is 11.1 Å². The summed E-state index contributed by atoms with van der Waals surface area (Å²) in [5, 5.41) is 3.09. The van der Waals surface area contributed by atoms with Crippen molar-refractivity contribution in [2.24, 2.45) is 5.92 Å². The highest BCUT2D eigenvalue weighted by molar-refractivity contribution is 5.88. The van der Waals surface area contributed by atoms with Crippen LogP contribution in [0, 0.1) is 12.8 Å². The number of amides is 2. The van der Waals surface area contributed by atoms with Crippen molar-refractivity contribution < 1.29 is 9.59 Å². The summed E-state index contributed by atoms with van der Waals surface area (Å²) in [6.45, 7) is 13.8. The van der Waals surface area contributed by atoms with Crippen molar-refractivity contribution in [3.8, 4) is 0 Å². The molecular formula is C34H44N2O2. The lowest BCUT2D eigenvalue weighted by Crippen LogP contribution is -2.51. The van der Waals surface area contributed by atoms with E-state index in [2.05, 4.69) is 83.3 Å². The summed E-state index contributed by atoms with van der Waals surface area (Å²) in [6, 6.07) is 26.1. The van der Waals surface area contributed by atoms with Crippen LogP contribution in [0.4, 0.5) is 0 Å². The summed E-state index contributed by atoms with van der Waals surface area (Å²) < 4.78 is 0. The molecule has 1 N–H and O–H groups in total. The Morgan fingerprint density at radius 3 is 2.00 bits per heavy atom. The van der Waals surface area contributed by atoms with E-state index in [4.69, 9.17) is 0 Å². The molecule has 38 heavy (non-hydrogen) atoms. The Labute approximate surface area is 229 Å². The number of rotatable bonds is 11. The van der Waals surface area contributed by atoms with Crippen molar-refractivity contribution >= 4 is 11.8 Å². The number of nitrogens with zero attached hydrogens (tertiary/aromatic N) is 1. The van der Waals surface area contributed by atoms with Gasteiger partial charge in [-0.05, 0) is 46.9 Å². The van der Waals surface area contributed by atoms with Crippen LogP contribution in [0.3, 0.4) is 0 Å². The minimum atomic E-state index is -0.590. The molecule has 0 bridgehead atoms. The van der Waals surface area contributed by atoms with Gasteiger partial charge in [0.1, 0.15) is 6.04 Å². The molecule has 0 aliphatic carbocycles. The Balaban J connectivity index is 1.87. The summed E-state index contributed by atoms with van der Waals surface area (Å²) in [4.78, 5) is 29.2. The molecule has 0 saturated heterocycles. The second kappa shape index (κ2) is 13.4. The molecule has 4 heteroatoms. The molecule has 4 nitrogen and oxygen atoms in total. The van der Waals surface area contributed by atoms with Crippen LogP contribution in [-0.4, -0.2) is 29.3 Å². The van der Waals surface area contributed by atoms with Crippen LogP contribution >= 0.6 is 0 Å². The van der Waals surface area contributed by atoms with E-state index < -0.39 is 6.04 Å². The van der Waals surface area contributed by atoms with Gasteiger partial charge in [0.2, 0.25) is 11.8 Å². The molecule has 0 spiro atoms. The van der Waals surface area contributed by atoms with Gasteiger partial charge < -0.3 is 10.2 Å². The fourth-order valence-corrected chi connectivity index (χ4v) is 4.43. The van der Waals surface area contributed by atoms with Crippen LogP contribution in [0.2, 0.25) is 0 Å². The molecule has 1 atom stereocenters. The second-order valence-electron chi connectivity index (χ2n) is 11.8. The zero-order valence-electron chi connectivity index (χ0n) is 24.0. The second-order valence-corrected chi connectivity index (χ2v) is 11.8. The quantitative estimate of drug-likeness (QED) is 0.313. The number of carbonyl (C=O) groups is 2. The van der Waals surface area contributed by atoms with E-state index in [1.54, 1.807) is 4.90 Å². The van der Waals surface area contributed by atoms with Crippen molar-refractivity contribution in [2.45, 2.75) is 78.8 Å². The minimum absolute atomic E-state index is 0.00824. The van der Waals surface area contributed by atoms with Gasteiger partial charge in [-0.3, -0.25) is 9.59 Å². The monoisotopic (exact) mass is 512 g/mol. The summed E-state index contributed by atoms with van der Waals surface area (Å²) in [5.74, 6) is 0.220. The van der Waals surface area contributed by atoms with Crippen molar-refractivity contribution in [1.29, 1.82) is 0 Å². The molecule has 0 heterocycles. The molecule has 0 aromatic heterocycles. The van der Waals surface area contributed by atoms with Crippen LogP contribution in [-0.2, 0) is 34.4 Å². The molecule has 3 aromatic carbocycles. The topological polar surface area (TPSA) is 49.4 Å². The first-order chi connectivity index (χ1) is 18.0. The number of hydrogen-bond donors (Lipinski definition) is 1. The van der Waals surface area contributed by atoms with Gasteiger partial charge in [-0.1, -0.05) is 119 Å². The summed E-state index contributed by atoms with van der Waals surface area (Å²) in [7, 11) is 0. The molecule has 3 aromatic rings. The molecule has 202 valence electrons. The van der Waals surface area contributed by atoms with E-state index >= 15 is 0 Å². The highest BCUT2D eigenvalue weighted by Crippen LogP contribution is 2.23. The Bertz CT molecular complexity index is 1160. The highest BCUT2D eigenvalue weighted by atomic mass is 16.2. The van der Waals surface area contributed by atoms with Crippen LogP contribution in [0.1, 0.15) is 68.9 Å². The maximum atomic E-state index is 13.8. The van der Waals surface area contributed by atoms with Gasteiger partial charge in [0.05, 0.1) is 0 Å². The first-order valence-corrected chi connectivity index (χ1v) is 13.8. The number of nitrogens with one attached hydrogen (secondary N) is 1. The van der Waals surface area contributed by atoms with E-state index in [0.29, 0.717) is 38.3 Å². The van der Waals surface area contributed by atoms with Crippen molar-refractivity contribution in [1.82, 2.24) is 10.2 Å². The van der Waals surface area contributed by atoms with E-state index in [-0.39, 0.29) is 17.2 Å². The molecule has 2 amide bonds. The average molecular weight is 513 g/mol. The lowest BCUT2D eigenvalue weighted by atomic mass is 9.86. The summed E-state index contributed by atoms with van der Waals surface area (Å²) >= 11 is 0. The molecule has 0 fully saturated rings. The number of carbonyl (C=O) groups excluding carboxylic acids is 2. The molecule has 0 aliphatic heterocycles. The number of hydrogen-bond acceptors (Lipinski definition) is 2. The summed E-state index contributed by atoms with van der Waals surface area (Å²) in [6.07, 6.45) is 1.46. The Hall–Kier alpha value is -3.40. The van der Waals surface area contributed by atoms with E-state index in [0.717, 1.165) is 16.7 Å². The molecule has 0 aliphatic rings. The van der Waals surface area contributed by atoms with Crippen LogP contribution in [0.25, 0.3) is 0 Å². The third-order valence-electron chi connectivity index (χ3n) is 6.88. The molecule has 0 saturated carbocycles. The SMILES string of the molecule is Cc1ccc(CN(C(=O)CCc2ccc(C(C)(C)C)cc2)[C@@H](Cc2ccccc2)C(=O)NCC(C)C)cc1. The van der Waals surface area contributed by atoms with E-state index in [9.17, 15) is 9.59 Å². The zero-order valence-corrected chi connectivity index (χ0v) is 24.0. The first-order valence-electron chi connectivity index (χ1n) is 13.8. The third-order valence-corrected chi connectivity index (χ3v) is 6.88. The largest absolute Gasteiger partial charge is 0.354 e. The lowest BCUT2D eigenvalue weighted by Gasteiger charge is -2.32. The van der Waals surface area contributed by atoms with Gasteiger partial charge in [-0.25, -0.2) is 0 Å². The maximum Gasteiger partial charge on any atom is 0.243 e. The molecule has 0 radical (unpaired) electrons. The molecule has 3 rings (SSSR count). The summed E-state index contributed by atoms with van der Waals surface area (Å²) in [5.41, 5.74) is 5.72. The van der Waals surface area contributed by atoms with Gasteiger partial charge in [-0.2, -0.15) is 0 Å². The fraction of sp³-hybridized carbons (Fsp3) is 0.412. The maximum absolute atomic E-state index is 13.8. The Morgan fingerprint density at radius 2 is 1.42 bits per heavy atom. The van der Waals surface area contributed by atoms with Gasteiger partial charge in [0.25, 0.3) is 0 Å². The Morgan fingerprint density at radius 1 is 0.816 bits per heavy atom. The fourth-order valence-electron chi connectivity index (χ4n) is 4.43. The van der Waals surface area contributed by atoms with Gasteiger partial charge >= 0.3 is 0 Å². The highest BCUT2D eigenvalue weighted by Gasteiger charge is 2.30. The standard InChI is InChI=1S/C34H44N2O2/c1-25(2)23-35-33(38)31(22-28-10-8-7-9-11-28)36(24-29-14-12-26(3)13-15-29)32(37)21-18-27-16-19-30(20-17-27)34(4,5)6/h7-17,19-20,25,31H,18,21-24H2,1-6H3,(H,35,38)/t31-/m0/s1. The molecule has 0 unspecified atom stereocenters. The van der Waals surface area contributed by atoms with E-state index in [1.807, 2.05) is 42.5 Å². The van der Waals surface area contributed by atoms with Crippen LogP contribution < -0.4 is 5.32 Å². The normalized spacial score (nSPS) is 12.3. The first kappa shape index (κ1) is 29.2. The van der Waals surface area contributed by atoms with Gasteiger partial charge in [-0.15, -0.1) is 0 Å². The third kappa shape index (κ3) is 8.86. The number of benzene rings is 3. The smallest absolute Gasteiger partial charge is 0.243 e. The Kier molecular flexibility index (Phi) is 10.3. The predicted molar refractivity (Wildman–Crippen MR) is 157 cm³/mol. The minimum Gasteiger partial charge on any atom is -0.354 e. The van der Waals surface area contributed by atoms with Gasteiger partial charge in [0.15, 0.2) is 0 Å². The average Bonchev–Trinajstić information content (AvgIpc) is 2.89. The molecular weight excluding hydrogens is 468 g/mol. The lowest BCUT2D eigenvalue weighted by molar-refractivity contribution is -0.141. The van der Waals surface area contributed by atoms with Crippen molar-refractivity contribution in [2.75, 3.05) is 6.54 Å². The van der Waals surface area contributed by atoms with Crippen LogP contribution in [0.15, 0.2) is 78.9 Å². The number of aryl methyl sites for hydroxylation is 2.